The van der Waals surface area contributed by atoms with Gasteiger partial charge in [-0.1, -0.05) is 43.5 Å². The zero-order valence-corrected chi connectivity index (χ0v) is 22.4. The maximum absolute atomic E-state index is 14.6. The summed E-state index contributed by atoms with van der Waals surface area (Å²) in [5.74, 6) is 2.47. The third-order valence-corrected chi connectivity index (χ3v) is 8.33. The summed E-state index contributed by atoms with van der Waals surface area (Å²) in [6.07, 6.45) is 7.96. The zero-order chi connectivity index (χ0) is 27.1. The summed E-state index contributed by atoms with van der Waals surface area (Å²) in [5.41, 5.74) is 8.22. The number of fused-ring (bicyclic) bond motifs is 5. The summed E-state index contributed by atoms with van der Waals surface area (Å²) in [6, 6.07) is 21.4. The molecule has 4 aromatic rings. The Morgan fingerprint density at radius 1 is 1.00 bits per heavy atom. The molecule has 202 valence electrons. The van der Waals surface area contributed by atoms with Crippen LogP contribution in [0.25, 0.3) is 16.9 Å². The van der Waals surface area contributed by atoms with Crippen molar-refractivity contribution in [3.8, 4) is 34.2 Å². The Labute approximate surface area is 232 Å². The molecule has 0 radical (unpaired) electrons. The summed E-state index contributed by atoms with van der Waals surface area (Å²) in [7, 11) is 1.63. The second-order valence-electron chi connectivity index (χ2n) is 10.7. The van der Waals surface area contributed by atoms with Crippen LogP contribution in [0.1, 0.15) is 48.8 Å². The minimum Gasteiger partial charge on any atom is -0.497 e. The number of hydrogen-bond donors (Lipinski definition) is 1. The molecule has 2 heterocycles. The molecule has 3 aliphatic rings. The third kappa shape index (κ3) is 4.11. The summed E-state index contributed by atoms with van der Waals surface area (Å²) in [5, 5.41) is 4.49. The Hall–Kier alpha value is -4.59. The number of anilines is 1. The Bertz CT molecular complexity index is 1670. The number of hydrogen-bond acceptors (Lipinski definition) is 7. The van der Waals surface area contributed by atoms with Crippen LogP contribution in [0.3, 0.4) is 0 Å². The highest BCUT2D eigenvalue weighted by Crippen LogP contribution is 2.49. The first kappa shape index (κ1) is 24.5. The van der Waals surface area contributed by atoms with Gasteiger partial charge in [0.05, 0.1) is 30.3 Å². The normalized spacial score (nSPS) is 16.5. The predicted molar refractivity (Wildman–Crippen MR) is 154 cm³/mol. The SMILES string of the molecule is COc1ccc(-n2c(N/N=C\c3ccc4c(c3)OCO4)nc3c(c2=O)C2(CCCCC2)Cc2ccccc2-3)cc1. The highest BCUT2D eigenvalue weighted by Gasteiger charge is 2.43. The molecular weight excluding hydrogens is 504 g/mol. The second kappa shape index (κ2) is 9.86. The minimum absolute atomic E-state index is 0.0488. The molecule has 7 rings (SSSR count). The van der Waals surface area contributed by atoms with Gasteiger partial charge in [-0.25, -0.2) is 15.0 Å². The van der Waals surface area contributed by atoms with Gasteiger partial charge >= 0.3 is 0 Å². The van der Waals surface area contributed by atoms with Crippen molar-refractivity contribution < 1.29 is 14.2 Å². The van der Waals surface area contributed by atoms with Crippen molar-refractivity contribution >= 4 is 12.2 Å². The average Bonchev–Trinajstić information content (AvgIpc) is 3.46. The van der Waals surface area contributed by atoms with Crippen molar-refractivity contribution in [1.29, 1.82) is 0 Å². The van der Waals surface area contributed by atoms with E-state index in [1.807, 2.05) is 48.5 Å². The molecule has 0 bridgehead atoms. The molecule has 8 nitrogen and oxygen atoms in total. The van der Waals surface area contributed by atoms with Crippen molar-refractivity contribution in [3.05, 3.63) is 93.8 Å². The predicted octanol–water partition coefficient (Wildman–Crippen LogP) is 5.84. The number of nitrogens with one attached hydrogen (secondary N) is 1. The van der Waals surface area contributed by atoms with Gasteiger partial charge < -0.3 is 14.2 Å². The van der Waals surface area contributed by atoms with E-state index in [1.54, 1.807) is 17.9 Å². The summed E-state index contributed by atoms with van der Waals surface area (Å²) in [6.45, 7) is 0.213. The first-order valence-electron chi connectivity index (χ1n) is 13.7. The summed E-state index contributed by atoms with van der Waals surface area (Å²) >= 11 is 0. The fourth-order valence-corrected chi connectivity index (χ4v) is 6.41. The zero-order valence-electron chi connectivity index (χ0n) is 22.4. The van der Waals surface area contributed by atoms with Crippen molar-refractivity contribution in [2.24, 2.45) is 5.10 Å². The highest BCUT2D eigenvalue weighted by molar-refractivity contribution is 5.81. The molecule has 0 unspecified atom stereocenters. The van der Waals surface area contributed by atoms with Gasteiger partial charge in [0.15, 0.2) is 11.5 Å². The molecule has 1 aromatic heterocycles. The van der Waals surface area contributed by atoms with E-state index in [0.717, 1.165) is 60.2 Å². The van der Waals surface area contributed by atoms with Crippen LogP contribution in [-0.2, 0) is 11.8 Å². The first-order chi connectivity index (χ1) is 19.6. The molecule has 3 aromatic carbocycles. The van der Waals surface area contributed by atoms with E-state index < -0.39 is 0 Å². The largest absolute Gasteiger partial charge is 0.497 e. The van der Waals surface area contributed by atoms with Crippen LogP contribution >= 0.6 is 0 Å². The van der Waals surface area contributed by atoms with Crippen LogP contribution in [0.4, 0.5) is 5.95 Å². The van der Waals surface area contributed by atoms with Gasteiger partial charge in [0.25, 0.3) is 5.56 Å². The van der Waals surface area contributed by atoms with Crippen LogP contribution in [-0.4, -0.2) is 29.7 Å². The third-order valence-electron chi connectivity index (χ3n) is 8.33. The van der Waals surface area contributed by atoms with Crippen molar-refractivity contribution in [3.63, 3.8) is 0 Å². The highest BCUT2D eigenvalue weighted by atomic mass is 16.7. The molecular formula is C32H30N4O4. The molecule has 40 heavy (non-hydrogen) atoms. The van der Waals surface area contributed by atoms with Gasteiger partial charge in [0, 0.05) is 11.0 Å². The molecule has 0 amide bonds. The maximum atomic E-state index is 14.6. The molecule has 1 saturated carbocycles. The van der Waals surface area contributed by atoms with Gasteiger partial charge in [0.1, 0.15) is 5.75 Å². The summed E-state index contributed by atoms with van der Waals surface area (Å²) < 4.78 is 17.9. The van der Waals surface area contributed by atoms with Gasteiger partial charge in [-0.2, -0.15) is 5.10 Å². The average molecular weight is 535 g/mol. The van der Waals surface area contributed by atoms with E-state index in [4.69, 9.17) is 19.2 Å². The van der Waals surface area contributed by atoms with E-state index in [0.29, 0.717) is 23.1 Å². The molecule has 0 saturated heterocycles. The number of hydrazone groups is 1. The Balaban J connectivity index is 1.38. The number of rotatable bonds is 5. The number of nitrogens with zero attached hydrogens (tertiary/aromatic N) is 3. The van der Waals surface area contributed by atoms with Crippen LogP contribution in [0.15, 0.2) is 76.6 Å². The van der Waals surface area contributed by atoms with Crippen molar-refractivity contribution in [2.75, 3.05) is 19.3 Å². The summed E-state index contributed by atoms with van der Waals surface area (Å²) in [4.78, 5) is 19.7. The van der Waals surface area contributed by atoms with E-state index in [2.05, 4.69) is 28.7 Å². The van der Waals surface area contributed by atoms with Crippen molar-refractivity contribution in [1.82, 2.24) is 9.55 Å². The molecule has 2 aliphatic carbocycles. The number of benzene rings is 3. The van der Waals surface area contributed by atoms with Crippen LogP contribution < -0.4 is 25.2 Å². The fraction of sp³-hybridized carbons (Fsp3) is 0.281. The maximum Gasteiger partial charge on any atom is 0.263 e. The van der Waals surface area contributed by atoms with Gasteiger partial charge in [-0.05, 0) is 72.9 Å². The number of aromatic nitrogens is 2. The molecule has 1 aliphatic heterocycles. The van der Waals surface area contributed by atoms with Gasteiger partial charge in [-0.15, -0.1) is 0 Å². The second-order valence-corrected chi connectivity index (χ2v) is 10.7. The fourth-order valence-electron chi connectivity index (χ4n) is 6.41. The van der Waals surface area contributed by atoms with E-state index in [9.17, 15) is 4.79 Å². The Morgan fingerprint density at radius 2 is 1.80 bits per heavy atom. The van der Waals surface area contributed by atoms with E-state index in [-0.39, 0.29) is 17.8 Å². The van der Waals surface area contributed by atoms with Crippen molar-refractivity contribution in [2.45, 2.75) is 43.9 Å². The lowest BCUT2D eigenvalue weighted by molar-refractivity contribution is 0.174. The molecule has 1 fully saturated rings. The van der Waals surface area contributed by atoms with E-state index >= 15 is 0 Å². The lowest BCUT2D eigenvalue weighted by atomic mass is 9.62. The van der Waals surface area contributed by atoms with Gasteiger partial charge in [-0.3, -0.25) is 4.79 Å². The van der Waals surface area contributed by atoms with E-state index in [1.165, 1.54) is 12.0 Å². The van der Waals surface area contributed by atoms with Crippen LogP contribution in [0.5, 0.6) is 17.2 Å². The lowest BCUT2D eigenvalue weighted by Crippen LogP contribution is -2.42. The lowest BCUT2D eigenvalue weighted by Gasteiger charge is -2.42. The Morgan fingerprint density at radius 3 is 2.62 bits per heavy atom. The molecule has 0 atom stereocenters. The topological polar surface area (TPSA) is 87.0 Å². The smallest absolute Gasteiger partial charge is 0.263 e. The first-order valence-corrected chi connectivity index (χ1v) is 13.7. The minimum atomic E-state index is -0.214. The molecule has 1 N–H and O–H groups in total. The molecule has 8 heteroatoms. The number of ether oxygens (including phenoxy) is 3. The standard InChI is InChI=1S/C32H30N4O4/c1-38-24-12-10-23(11-13-24)36-30(37)28-29(25-8-4-3-7-22(25)18-32(28)15-5-2-6-16-32)34-31(36)35-33-19-21-9-14-26-27(17-21)40-20-39-26/h3-4,7-14,17,19H,2,5-6,15-16,18,20H2,1H3,(H,34,35)/b33-19-. The number of methoxy groups -OCH3 is 1. The Kier molecular flexibility index (Phi) is 6.03. The van der Waals surface area contributed by atoms with Crippen LogP contribution in [0.2, 0.25) is 0 Å². The molecule has 1 spiro atoms. The quantitative estimate of drug-likeness (QED) is 0.256. The van der Waals surface area contributed by atoms with Gasteiger partial charge in [0.2, 0.25) is 12.7 Å². The monoisotopic (exact) mass is 534 g/mol. The van der Waals surface area contributed by atoms with Crippen LogP contribution in [0, 0.1) is 0 Å².